The number of aryl methyl sites for hydroxylation is 3. The highest BCUT2D eigenvalue weighted by molar-refractivity contribution is 9.10. The first-order valence-corrected chi connectivity index (χ1v) is 7.77. The lowest BCUT2D eigenvalue weighted by atomic mass is 10.1. The van der Waals surface area contributed by atoms with Gasteiger partial charge in [-0.05, 0) is 65.0 Å². The summed E-state index contributed by atoms with van der Waals surface area (Å²) < 4.78 is 5.32. The van der Waals surface area contributed by atoms with Crippen LogP contribution in [0.3, 0.4) is 0 Å². The number of nitrogens with zero attached hydrogens (tertiary/aromatic N) is 1. The lowest BCUT2D eigenvalue weighted by molar-refractivity contribution is 0.0593. The number of pyridine rings is 1. The Morgan fingerprint density at radius 1 is 1.18 bits per heavy atom. The summed E-state index contributed by atoms with van der Waals surface area (Å²) in [6.45, 7) is 6.73. The van der Waals surface area contributed by atoms with Crippen LogP contribution < -0.4 is 5.32 Å². The molecule has 0 aliphatic heterocycles. The fourth-order valence-electron chi connectivity index (χ4n) is 2.13. The van der Waals surface area contributed by atoms with Crippen molar-refractivity contribution in [2.75, 3.05) is 12.4 Å². The average Bonchev–Trinajstić information content (AvgIpc) is 2.50. The number of carbonyl (C=O) groups excluding carboxylic acids is 1. The van der Waals surface area contributed by atoms with Crippen LogP contribution in [-0.2, 0) is 11.3 Å². The van der Waals surface area contributed by atoms with Gasteiger partial charge in [0.15, 0.2) is 5.69 Å². The highest BCUT2D eigenvalue weighted by Gasteiger charge is 2.14. The largest absolute Gasteiger partial charge is 0.464 e. The zero-order chi connectivity index (χ0) is 16.3. The van der Waals surface area contributed by atoms with Crippen molar-refractivity contribution < 1.29 is 9.53 Å². The minimum Gasteiger partial charge on any atom is -0.464 e. The third-order valence-corrected chi connectivity index (χ3v) is 4.20. The van der Waals surface area contributed by atoms with Crippen molar-refractivity contribution >= 4 is 27.6 Å². The van der Waals surface area contributed by atoms with Gasteiger partial charge in [-0.25, -0.2) is 9.78 Å². The molecule has 0 saturated heterocycles. The van der Waals surface area contributed by atoms with Crippen LogP contribution in [0.4, 0.5) is 5.69 Å². The van der Waals surface area contributed by atoms with Crippen molar-refractivity contribution in [2.24, 2.45) is 0 Å². The van der Waals surface area contributed by atoms with Crippen molar-refractivity contribution in [3.8, 4) is 0 Å². The van der Waals surface area contributed by atoms with Crippen molar-refractivity contribution in [2.45, 2.75) is 27.3 Å². The van der Waals surface area contributed by atoms with E-state index in [0.29, 0.717) is 16.8 Å². The quantitative estimate of drug-likeness (QED) is 0.654. The zero-order valence-corrected chi connectivity index (χ0v) is 14.7. The van der Waals surface area contributed by atoms with Crippen LogP contribution in [0, 0.1) is 20.8 Å². The molecule has 0 spiro atoms. The van der Waals surface area contributed by atoms with E-state index in [1.54, 1.807) is 0 Å². The molecule has 0 saturated carbocycles. The van der Waals surface area contributed by atoms with Crippen LogP contribution in [0.1, 0.15) is 32.7 Å². The smallest absolute Gasteiger partial charge is 0.356 e. The predicted octanol–water partition coefficient (Wildman–Crippen LogP) is 4.17. The van der Waals surface area contributed by atoms with Crippen LogP contribution in [0.2, 0.25) is 0 Å². The van der Waals surface area contributed by atoms with Crippen molar-refractivity contribution in [3.63, 3.8) is 0 Å². The van der Waals surface area contributed by atoms with E-state index < -0.39 is 5.97 Å². The Morgan fingerprint density at radius 2 is 1.91 bits per heavy atom. The lowest BCUT2D eigenvalue weighted by Gasteiger charge is -2.12. The normalized spacial score (nSPS) is 10.4. The Kier molecular flexibility index (Phi) is 5.19. The zero-order valence-electron chi connectivity index (χ0n) is 13.2. The molecule has 1 aromatic heterocycles. The van der Waals surface area contributed by atoms with E-state index in [4.69, 9.17) is 4.74 Å². The number of carbonyl (C=O) groups is 1. The van der Waals surface area contributed by atoms with Crippen LogP contribution in [0.5, 0.6) is 0 Å². The van der Waals surface area contributed by atoms with E-state index in [9.17, 15) is 4.79 Å². The Bertz CT molecular complexity index is 714. The first-order valence-electron chi connectivity index (χ1n) is 6.98. The SMILES string of the molecule is COC(=O)c1nc(Br)c(NCc2ccc(C)c(C)c2)cc1C. The molecule has 0 radical (unpaired) electrons. The van der Waals surface area contributed by atoms with Gasteiger partial charge in [0.05, 0.1) is 12.8 Å². The third-order valence-electron chi connectivity index (χ3n) is 3.60. The Balaban J connectivity index is 2.18. The standard InChI is InChI=1S/C17H19BrN2O2/c1-10-5-6-13(7-11(10)2)9-19-14-8-12(3)15(17(21)22-4)20-16(14)18/h5-8,19H,9H2,1-4H3. The Morgan fingerprint density at radius 3 is 2.55 bits per heavy atom. The van der Waals surface area contributed by atoms with Gasteiger partial charge in [0, 0.05) is 6.54 Å². The summed E-state index contributed by atoms with van der Waals surface area (Å²) in [6, 6.07) is 8.28. The summed E-state index contributed by atoms with van der Waals surface area (Å²) in [7, 11) is 1.35. The summed E-state index contributed by atoms with van der Waals surface area (Å²) >= 11 is 3.40. The molecule has 0 atom stereocenters. The van der Waals surface area contributed by atoms with Crippen LogP contribution in [-0.4, -0.2) is 18.1 Å². The van der Waals surface area contributed by atoms with E-state index in [1.165, 1.54) is 23.8 Å². The maximum Gasteiger partial charge on any atom is 0.356 e. The van der Waals surface area contributed by atoms with Crippen LogP contribution in [0.15, 0.2) is 28.9 Å². The van der Waals surface area contributed by atoms with Gasteiger partial charge in [0.2, 0.25) is 0 Å². The van der Waals surface area contributed by atoms with Crippen molar-refractivity contribution in [1.82, 2.24) is 4.98 Å². The van der Waals surface area contributed by atoms with Gasteiger partial charge in [-0.3, -0.25) is 0 Å². The number of methoxy groups -OCH3 is 1. The van der Waals surface area contributed by atoms with E-state index in [-0.39, 0.29) is 0 Å². The summed E-state index contributed by atoms with van der Waals surface area (Å²) in [5.74, 6) is -0.432. The third kappa shape index (κ3) is 3.65. The van der Waals surface area contributed by atoms with Crippen molar-refractivity contribution in [1.29, 1.82) is 0 Å². The molecule has 0 amide bonds. The molecule has 2 aromatic rings. The molecule has 22 heavy (non-hydrogen) atoms. The maximum absolute atomic E-state index is 11.6. The molecule has 0 aliphatic rings. The first kappa shape index (κ1) is 16.5. The Labute approximate surface area is 139 Å². The van der Waals surface area contributed by atoms with Gasteiger partial charge < -0.3 is 10.1 Å². The molecule has 4 nitrogen and oxygen atoms in total. The number of ether oxygens (including phenoxy) is 1. The summed E-state index contributed by atoms with van der Waals surface area (Å²) in [4.78, 5) is 15.9. The molecule has 0 unspecified atom stereocenters. The average molecular weight is 363 g/mol. The monoisotopic (exact) mass is 362 g/mol. The summed E-state index contributed by atoms with van der Waals surface area (Å²) in [5, 5.41) is 3.34. The number of hydrogen-bond acceptors (Lipinski definition) is 4. The molecule has 0 aliphatic carbocycles. The number of rotatable bonds is 4. The van der Waals surface area contributed by atoms with Gasteiger partial charge in [0.25, 0.3) is 0 Å². The minimum atomic E-state index is -0.432. The summed E-state index contributed by atoms with van der Waals surface area (Å²) in [5.41, 5.74) is 5.70. The summed E-state index contributed by atoms with van der Waals surface area (Å²) in [6.07, 6.45) is 0. The molecule has 1 aromatic carbocycles. The fourth-order valence-corrected chi connectivity index (χ4v) is 2.56. The van der Waals surface area contributed by atoms with E-state index in [1.807, 2.05) is 13.0 Å². The molecule has 1 N–H and O–H groups in total. The molecule has 1 heterocycles. The molecule has 2 rings (SSSR count). The molecule has 0 fully saturated rings. The highest BCUT2D eigenvalue weighted by Crippen LogP contribution is 2.24. The minimum absolute atomic E-state index is 0.325. The van der Waals surface area contributed by atoms with Gasteiger partial charge in [-0.1, -0.05) is 18.2 Å². The van der Waals surface area contributed by atoms with Crippen LogP contribution >= 0.6 is 15.9 Å². The van der Waals surface area contributed by atoms with Crippen molar-refractivity contribution in [3.05, 3.63) is 56.8 Å². The first-order chi connectivity index (χ1) is 10.4. The fraction of sp³-hybridized carbons (Fsp3) is 0.294. The lowest BCUT2D eigenvalue weighted by Crippen LogP contribution is -2.09. The van der Waals surface area contributed by atoms with Gasteiger partial charge >= 0.3 is 5.97 Å². The molecular formula is C17H19BrN2O2. The van der Waals surface area contributed by atoms with E-state index >= 15 is 0 Å². The number of anilines is 1. The number of hydrogen-bond donors (Lipinski definition) is 1. The number of halogens is 1. The van der Waals surface area contributed by atoms with Gasteiger partial charge in [-0.2, -0.15) is 0 Å². The molecule has 116 valence electrons. The number of benzene rings is 1. The molecular weight excluding hydrogens is 344 g/mol. The highest BCUT2D eigenvalue weighted by atomic mass is 79.9. The van der Waals surface area contributed by atoms with Gasteiger partial charge in [-0.15, -0.1) is 0 Å². The van der Waals surface area contributed by atoms with Gasteiger partial charge in [0.1, 0.15) is 4.60 Å². The second-order valence-electron chi connectivity index (χ2n) is 5.26. The van der Waals surface area contributed by atoms with Crippen LogP contribution in [0.25, 0.3) is 0 Å². The number of aromatic nitrogens is 1. The maximum atomic E-state index is 11.6. The second kappa shape index (κ2) is 6.92. The molecule has 5 heteroatoms. The Hall–Kier alpha value is -1.88. The van der Waals surface area contributed by atoms with E-state index in [2.05, 4.69) is 58.3 Å². The number of nitrogens with one attached hydrogen (secondary N) is 1. The number of esters is 1. The van der Waals surface area contributed by atoms with E-state index in [0.717, 1.165) is 11.3 Å². The molecule has 0 bridgehead atoms. The second-order valence-corrected chi connectivity index (χ2v) is 6.01. The topological polar surface area (TPSA) is 51.2 Å². The predicted molar refractivity (Wildman–Crippen MR) is 91.3 cm³/mol.